The predicted molar refractivity (Wildman–Crippen MR) is 77.7 cm³/mol. The van der Waals surface area contributed by atoms with Crippen molar-refractivity contribution in [1.29, 1.82) is 0 Å². The molecule has 98 valence electrons. The van der Waals surface area contributed by atoms with Crippen molar-refractivity contribution in [2.45, 2.75) is 13.0 Å². The lowest BCUT2D eigenvalue weighted by Gasteiger charge is -2.07. The molecule has 0 aromatic heterocycles. The molecule has 0 aliphatic heterocycles. The van der Waals surface area contributed by atoms with E-state index in [0.717, 1.165) is 16.9 Å². The number of nitrogens with two attached hydrogens (primary N) is 1. The Kier molecular flexibility index (Phi) is 4.47. The normalized spacial score (nSPS) is 10.2. The smallest absolute Gasteiger partial charge is 0.123 e. The van der Waals surface area contributed by atoms with E-state index in [2.05, 4.69) is 0 Å². The standard InChI is InChI=1S/C15H14FNOS/c16-13-5-1-12(2-6-13)10-18-14-7-3-11(4-8-14)9-15(17)19/h1-8H,9-10H2,(H2,17,19). The topological polar surface area (TPSA) is 35.2 Å². The van der Waals surface area contributed by atoms with Gasteiger partial charge in [-0.25, -0.2) is 4.39 Å². The Morgan fingerprint density at radius 3 is 2.16 bits per heavy atom. The third-order valence-electron chi connectivity index (χ3n) is 2.62. The predicted octanol–water partition coefficient (Wildman–Crippen LogP) is 3.23. The Hall–Kier alpha value is -1.94. The van der Waals surface area contributed by atoms with Crippen molar-refractivity contribution < 1.29 is 9.13 Å². The second-order valence-electron chi connectivity index (χ2n) is 4.20. The van der Waals surface area contributed by atoms with Crippen LogP contribution in [0.1, 0.15) is 11.1 Å². The van der Waals surface area contributed by atoms with E-state index in [-0.39, 0.29) is 5.82 Å². The first-order valence-electron chi connectivity index (χ1n) is 5.88. The first kappa shape index (κ1) is 13.5. The summed E-state index contributed by atoms with van der Waals surface area (Å²) in [6.45, 7) is 0.412. The molecule has 0 saturated carbocycles. The maximum absolute atomic E-state index is 12.7. The highest BCUT2D eigenvalue weighted by atomic mass is 32.1. The summed E-state index contributed by atoms with van der Waals surface area (Å²) in [4.78, 5) is 0.472. The molecule has 0 aliphatic rings. The first-order chi connectivity index (χ1) is 9.13. The van der Waals surface area contributed by atoms with Crippen LogP contribution >= 0.6 is 12.2 Å². The fourth-order valence-electron chi connectivity index (χ4n) is 1.65. The zero-order valence-electron chi connectivity index (χ0n) is 10.3. The minimum atomic E-state index is -0.245. The molecule has 0 amide bonds. The number of hydrogen-bond acceptors (Lipinski definition) is 2. The summed E-state index contributed by atoms with van der Waals surface area (Å²) >= 11 is 4.85. The molecule has 2 aromatic rings. The molecular formula is C15H14FNOS. The Morgan fingerprint density at radius 1 is 1.00 bits per heavy atom. The van der Waals surface area contributed by atoms with Crippen LogP contribution in [0.3, 0.4) is 0 Å². The van der Waals surface area contributed by atoms with Gasteiger partial charge in [-0.1, -0.05) is 36.5 Å². The number of ether oxygens (including phenoxy) is 1. The quantitative estimate of drug-likeness (QED) is 0.851. The minimum Gasteiger partial charge on any atom is -0.489 e. The number of hydrogen-bond donors (Lipinski definition) is 1. The molecule has 2 N–H and O–H groups in total. The van der Waals surface area contributed by atoms with Gasteiger partial charge in [-0.3, -0.25) is 0 Å². The summed E-state index contributed by atoms with van der Waals surface area (Å²) in [5.74, 6) is 0.516. The molecule has 0 spiro atoms. The summed E-state index contributed by atoms with van der Waals surface area (Å²) in [5.41, 5.74) is 7.46. The molecular weight excluding hydrogens is 261 g/mol. The molecule has 2 rings (SSSR count). The van der Waals surface area contributed by atoms with E-state index in [1.54, 1.807) is 12.1 Å². The molecule has 2 nitrogen and oxygen atoms in total. The summed E-state index contributed by atoms with van der Waals surface area (Å²) < 4.78 is 18.3. The highest BCUT2D eigenvalue weighted by Gasteiger charge is 1.99. The lowest BCUT2D eigenvalue weighted by Crippen LogP contribution is -2.10. The largest absolute Gasteiger partial charge is 0.489 e. The molecule has 0 heterocycles. The van der Waals surface area contributed by atoms with Gasteiger partial charge in [-0.05, 0) is 35.4 Å². The molecule has 0 atom stereocenters. The second kappa shape index (κ2) is 6.29. The number of rotatable bonds is 5. The fraction of sp³-hybridized carbons (Fsp3) is 0.133. The third-order valence-corrected chi connectivity index (χ3v) is 2.76. The molecule has 0 bridgehead atoms. The van der Waals surface area contributed by atoms with E-state index in [1.807, 2.05) is 24.3 Å². The van der Waals surface area contributed by atoms with Crippen LogP contribution in [-0.2, 0) is 13.0 Å². The zero-order valence-corrected chi connectivity index (χ0v) is 11.1. The van der Waals surface area contributed by atoms with Crippen LogP contribution in [0.25, 0.3) is 0 Å². The maximum Gasteiger partial charge on any atom is 0.123 e. The van der Waals surface area contributed by atoms with Gasteiger partial charge in [0.15, 0.2) is 0 Å². The molecule has 19 heavy (non-hydrogen) atoms. The molecule has 0 saturated heterocycles. The van der Waals surface area contributed by atoms with E-state index >= 15 is 0 Å². The highest BCUT2D eigenvalue weighted by molar-refractivity contribution is 7.80. The average molecular weight is 275 g/mol. The SMILES string of the molecule is NC(=S)Cc1ccc(OCc2ccc(F)cc2)cc1. The summed E-state index contributed by atoms with van der Waals surface area (Å²) in [7, 11) is 0. The Balaban J connectivity index is 1.92. The van der Waals surface area contributed by atoms with Crippen molar-refractivity contribution in [3.8, 4) is 5.75 Å². The number of benzene rings is 2. The van der Waals surface area contributed by atoms with Crippen molar-refractivity contribution in [3.05, 3.63) is 65.5 Å². The van der Waals surface area contributed by atoms with Gasteiger partial charge in [0, 0.05) is 6.42 Å². The Bertz CT molecular complexity index is 551. The van der Waals surface area contributed by atoms with E-state index in [4.69, 9.17) is 22.7 Å². The molecule has 2 aromatic carbocycles. The van der Waals surface area contributed by atoms with Crippen molar-refractivity contribution in [2.24, 2.45) is 5.73 Å². The zero-order chi connectivity index (χ0) is 13.7. The van der Waals surface area contributed by atoms with E-state index in [9.17, 15) is 4.39 Å². The van der Waals surface area contributed by atoms with Gasteiger partial charge >= 0.3 is 0 Å². The molecule has 4 heteroatoms. The van der Waals surface area contributed by atoms with Gasteiger partial charge in [-0.15, -0.1) is 0 Å². The number of halogens is 1. The fourth-order valence-corrected chi connectivity index (χ4v) is 1.82. The Morgan fingerprint density at radius 2 is 1.58 bits per heavy atom. The summed E-state index contributed by atoms with van der Waals surface area (Å²) in [6, 6.07) is 13.9. The van der Waals surface area contributed by atoms with E-state index in [1.165, 1.54) is 12.1 Å². The molecule has 0 aliphatic carbocycles. The monoisotopic (exact) mass is 275 g/mol. The van der Waals surface area contributed by atoms with Gasteiger partial charge < -0.3 is 10.5 Å². The lowest BCUT2D eigenvalue weighted by molar-refractivity contribution is 0.306. The van der Waals surface area contributed by atoms with E-state index < -0.39 is 0 Å². The van der Waals surface area contributed by atoms with Crippen LogP contribution in [0, 0.1) is 5.82 Å². The van der Waals surface area contributed by atoms with Crippen molar-refractivity contribution in [2.75, 3.05) is 0 Å². The van der Waals surface area contributed by atoms with Gasteiger partial charge in [0.25, 0.3) is 0 Å². The number of thiocarbonyl (C=S) groups is 1. The summed E-state index contributed by atoms with van der Waals surface area (Å²) in [5, 5.41) is 0. The maximum atomic E-state index is 12.7. The average Bonchev–Trinajstić information content (AvgIpc) is 2.39. The third kappa shape index (κ3) is 4.34. The van der Waals surface area contributed by atoms with Crippen LogP contribution < -0.4 is 10.5 Å². The second-order valence-corrected chi connectivity index (χ2v) is 4.73. The van der Waals surface area contributed by atoms with Gasteiger partial charge in [0.05, 0.1) is 4.99 Å². The molecule has 0 unspecified atom stereocenters. The minimum absolute atomic E-state index is 0.245. The van der Waals surface area contributed by atoms with Crippen molar-refractivity contribution in [1.82, 2.24) is 0 Å². The van der Waals surface area contributed by atoms with Gasteiger partial charge in [-0.2, -0.15) is 0 Å². The van der Waals surface area contributed by atoms with E-state index in [0.29, 0.717) is 18.0 Å². The van der Waals surface area contributed by atoms with Crippen LogP contribution in [0.2, 0.25) is 0 Å². The molecule has 0 radical (unpaired) electrons. The lowest BCUT2D eigenvalue weighted by atomic mass is 10.1. The van der Waals surface area contributed by atoms with Crippen molar-refractivity contribution in [3.63, 3.8) is 0 Å². The first-order valence-corrected chi connectivity index (χ1v) is 6.29. The highest BCUT2D eigenvalue weighted by Crippen LogP contribution is 2.15. The van der Waals surface area contributed by atoms with Crippen LogP contribution in [-0.4, -0.2) is 4.99 Å². The Labute approximate surface area is 117 Å². The van der Waals surface area contributed by atoms with Crippen LogP contribution in [0.5, 0.6) is 5.75 Å². The van der Waals surface area contributed by atoms with Gasteiger partial charge in [0.2, 0.25) is 0 Å². The summed E-state index contributed by atoms with van der Waals surface area (Å²) in [6.07, 6.45) is 0.591. The molecule has 0 fully saturated rings. The van der Waals surface area contributed by atoms with Crippen LogP contribution in [0.4, 0.5) is 4.39 Å². The van der Waals surface area contributed by atoms with Crippen molar-refractivity contribution >= 4 is 17.2 Å². The van der Waals surface area contributed by atoms with Gasteiger partial charge in [0.1, 0.15) is 18.2 Å². The van der Waals surface area contributed by atoms with Crippen LogP contribution in [0.15, 0.2) is 48.5 Å².